The second-order valence-corrected chi connectivity index (χ2v) is 6.29. The van der Waals surface area contributed by atoms with Gasteiger partial charge in [0.1, 0.15) is 11.7 Å². The number of rotatable bonds is 6. The lowest BCUT2D eigenvalue weighted by atomic mass is 10.1. The molecule has 10 heteroatoms. The van der Waals surface area contributed by atoms with Crippen LogP contribution in [0.15, 0.2) is 0 Å². The van der Waals surface area contributed by atoms with Gasteiger partial charge in [-0.2, -0.15) is 0 Å². The monoisotopic (exact) mass is 343 g/mol. The summed E-state index contributed by atoms with van der Waals surface area (Å²) in [6.07, 6.45) is -1.91. The summed E-state index contributed by atoms with van der Waals surface area (Å²) in [7, 11) is 0. The number of aliphatic hydroxyl groups excluding tert-OH is 1. The summed E-state index contributed by atoms with van der Waals surface area (Å²) in [4.78, 5) is 23.6. The van der Waals surface area contributed by atoms with Crippen molar-refractivity contribution in [2.75, 3.05) is 6.61 Å². The van der Waals surface area contributed by atoms with E-state index in [1.807, 2.05) is 0 Å². The smallest absolute Gasteiger partial charge is 0.407 e. The van der Waals surface area contributed by atoms with Crippen LogP contribution in [0.25, 0.3) is 0 Å². The van der Waals surface area contributed by atoms with Gasteiger partial charge in [-0.3, -0.25) is 0 Å². The molecule has 0 radical (unpaired) electrons. The Morgan fingerprint density at radius 3 is 2.50 bits per heavy atom. The van der Waals surface area contributed by atoms with Crippen molar-refractivity contribution < 1.29 is 24.2 Å². The molecule has 0 fully saturated rings. The van der Waals surface area contributed by atoms with Crippen LogP contribution in [0.5, 0.6) is 0 Å². The summed E-state index contributed by atoms with van der Waals surface area (Å²) in [5.41, 5.74) is -0.658. The van der Waals surface area contributed by atoms with Gasteiger partial charge in [0.15, 0.2) is 11.9 Å². The van der Waals surface area contributed by atoms with Crippen molar-refractivity contribution in [2.24, 2.45) is 0 Å². The molecule has 0 bridgehead atoms. The van der Waals surface area contributed by atoms with Gasteiger partial charge in [-0.05, 0) is 52.0 Å². The molecular weight excluding hydrogens is 318 g/mol. The Kier molecular flexibility index (Phi) is 6.64. The van der Waals surface area contributed by atoms with Gasteiger partial charge in [0.2, 0.25) is 0 Å². The Labute approximate surface area is 140 Å². The van der Waals surface area contributed by atoms with E-state index in [9.17, 15) is 14.7 Å². The number of hydrogen-bond acceptors (Lipinski definition) is 8. The van der Waals surface area contributed by atoms with E-state index in [2.05, 4.69) is 20.8 Å². The molecule has 0 spiro atoms. The third-order valence-electron chi connectivity index (χ3n) is 3.00. The molecule has 0 aromatic carbocycles. The highest BCUT2D eigenvalue weighted by Crippen LogP contribution is 2.18. The summed E-state index contributed by atoms with van der Waals surface area (Å²) in [6, 6.07) is -1.54. The largest absolute Gasteiger partial charge is 0.464 e. The molecule has 24 heavy (non-hydrogen) atoms. The first-order valence-corrected chi connectivity index (χ1v) is 7.68. The van der Waals surface area contributed by atoms with Crippen molar-refractivity contribution in [3.05, 3.63) is 5.82 Å². The van der Waals surface area contributed by atoms with Gasteiger partial charge in [-0.15, -0.1) is 5.10 Å². The maximum Gasteiger partial charge on any atom is 0.407 e. The maximum atomic E-state index is 11.8. The molecule has 136 valence electrons. The summed E-state index contributed by atoms with van der Waals surface area (Å²) >= 11 is 0. The van der Waals surface area contributed by atoms with Crippen LogP contribution < -0.4 is 5.32 Å². The molecule has 0 aliphatic carbocycles. The first-order valence-electron chi connectivity index (χ1n) is 7.68. The summed E-state index contributed by atoms with van der Waals surface area (Å²) in [6.45, 7) is 10.2. The number of nitrogens with zero attached hydrogens (tertiary/aromatic N) is 4. The lowest BCUT2D eigenvalue weighted by molar-refractivity contribution is -0.147. The lowest BCUT2D eigenvalue weighted by Gasteiger charge is -2.24. The predicted octanol–water partition coefficient (Wildman–Crippen LogP) is 0.744. The van der Waals surface area contributed by atoms with Gasteiger partial charge < -0.3 is 19.9 Å². The second-order valence-electron chi connectivity index (χ2n) is 6.29. The van der Waals surface area contributed by atoms with Gasteiger partial charge >= 0.3 is 12.1 Å². The van der Waals surface area contributed by atoms with E-state index in [1.54, 1.807) is 41.5 Å². The molecule has 1 aromatic heterocycles. The maximum absolute atomic E-state index is 11.8. The normalized spacial score (nSPS) is 15.3. The number of aliphatic hydroxyl groups is 1. The van der Waals surface area contributed by atoms with Crippen LogP contribution >= 0.6 is 0 Å². The van der Waals surface area contributed by atoms with Crippen LogP contribution in [0.4, 0.5) is 4.79 Å². The van der Waals surface area contributed by atoms with E-state index < -0.39 is 35.9 Å². The number of aromatic nitrogens is 4. The number of carbonyl (C=O) groups excluding carboxylic acids is 2. The fraction of sp³-hybridized carbons (Fsp3) is 0.786. The minimum absolute atomic E-state index is 0.0408. The van der Waals surface area contributed by atoms with E-state index in [1.165, 1.54) is 0 Å². The molecule has 3 atom stereocenters. The number of alkyl carbamates (subject to hydrolysis) is 1. The minimum atomic E-state index is -1.23. The van der Waals surface area contributed by atoms with Gasteiger partial charge in [-0.25, -0.2) is 14.3 Å². The Balaban J connectivity index is 2.81. The SMILES string of the molecule is CCOC(=O)C(C)n1nnnc1C(O)[C@H](C)NC(=O)OC(C)(C)C. The lowest BCUT2D eigenvalue weighted by Crippen LogP contribution is -2.41. The number of esters is 1. The third-order valence-corrected chi connectivity index (χ3v) is 3.00. The van der Waals surface area contributed by atoms with Crippen LogP contribution in [-0.2, 0) is 14.3 Å². The Bertz CT molecular complexity index is 568. The molecule has 10 nitrogen and oxygen atoms in total. The van der Waals surface area contributed by atoms with Gasteiger partial charge in [-0.1, -0.05) is 0 Å². The Morgan fingerprint density at radius 2 is 1.96 bits per heavy atom. The zero-order valence-electron chi connectivity index (χ0n) is 14.8. The van der Waals surface area contributed by atoms with Crippen LogP contribution in [0.2, 0.25) is 0 Å². The van der Waals surface area contributed by atoms with Gasteiger partial charge in [0, 0.05) is 0 Å². The zero-order chi connectivity index (χ0) is 18.5. The number of carbonyl (C=O) groups is 2. The number of amides is 1. The standard InChI is InChI=1S/C14H25N5O5/c1-7-23-12(21)9(3)19-11(16-17-18-19)10(20)8(2)15-13(22)24-14(4,5)6/h8-10,20H,7H2,1-6H3,(H,15,22)/t8-,9?,10?/m0/s1. The predicted molar refractivity (Wildman–Crippen MR) is 83.0 cm³/mol. The highest BCUT2D eigenvalue weighted by molar-refractivity contribution is 5.73. The molecule has 0 saturated heterocycles. The Morgan fingerprint density at radius 1 is 1.33 bits per heavy atom. The molecule has 0 aliphatic rings. The zero-order valence-corrected chi connectivity index (χ0v) is 14.8. The first-order chi connectivity index (χ1) is 11.1. The average molecular weight is 343 g/mol. The topological polar surface area (TPSA) is 128 Å². The molecule has 1 heterocycles. The minimum Gasteiger partial charge on any atom is -0.464 e. The molecule has 0 aliphatic heterocycles. The molecule has 1 rings (SSSR count). The quantitative estimate of drug-likeness (QED) is 0.724. The van der Waals surface area contributed by atoms with Gasteiger partial charge in [0.05, 0.1) is 12.6 Å². The highest BCUT2D eigenvalue weighted by atomic mass is 16.6. The highest BCUT2D eigenvalue weighted by Gasteiger charge is 2.30. The van der Waals surface area contributed by atoms with E-state index in [-0.39, 0.29) is 12.4 Å². The first kappa shape index (κ1) is 19.8. The van der Waals surface area contributed by atoms with Crippen molar-refractivity contribution in [3.8, 4) is 0 Å². The Hall–Kier alpha value is -2.23. The van der Waals surface area contributed by atoms with E-state index in [4.69, 9.17) is 9.47 Å². The number of tetrazole rings is 1. The molecular formula is C14H25N5O5. The fourth-order valence-corrected chi connectivity index (χ4v) is 1.83. The summed E-state index contributed by atoms with van der Waals surface area (Å²) in [5, 5.41) is 23.8. The van der Waals surface area contributed by atoms with Crippen LogP contribution in [0.1, 0.15) is 59.5 Å². The number of nitrogens with one attached hydrogen (secondary N) is 1. The van der Waals surface area contributed by atoms with Gasteiger partial charge in [0.25, 0.3) is 0 Å². The molecule has 2 unspecified atom stereocenters. The molecule has 0 saturated carbocycles. The number of hydrogen-bond donors (Lipinski definition) is 2. The summed E-state index contributed by atoms with van der Waals surface area (Å²) < 4.78 is 11.2. The van der Waals surface area contributed by atoms with E-state index in [0.29, 0.717) is 0 Å². The third kappa shape index (κ3) is 5.44. The summed E-state index contributed by atoms with van der Waals surface area (Å²) in [5.74, 6) is -0.481. The van der Waals surface area contributed by atoms with E-state index >= 15 is 0 Å². The van der Waals surface area contributed by atoms with Crippen LogP contribution in [0, 0.1) is 0 Å². The molecule has 1 aromatic rings. The van der Waals surface area contributed by atoms with Crippen LogP contribution in [0.3, 0.4) is 0 Å². The van der Waals surface area contributed by atoms with Crippen molar-refractivity contribution in [2.45, 2.75) is 65.3 Å². The molecule has 2 N–H and O–H groups in total. The average Bonchev–Trinajstić information content (AvgIpc) is 2.92. The van der Waals surface area contributed by atoms with E-state index in [0.717, 1.165) is 4.68 Å². The van der Waals surface area contributed by atoms with Crippen molar-refractivity contribution in [1.82, 2.24) is 25.5 Å². The molecule has 1 amide bonds. The van der Waals surface area contributed by atoms with Crippen molar-refractivity contribution in [1.29, 1.82) is 0 Å². The second kappa shape index (κ2) is 8.04. The fourth-order valence-electron chi connectivity index (χ4n) is 1.83. The number of ether oxygens (including phenoxy) is 2. The van der Waals surface area contributed by atoms with Crippen LogP contribution in [-0.4, -0.2) is 55.6 Å². The van der Waals surface area contributed by atoms with Crippen molar-refractivity contribution in [3.63, 3.8) is 0 Å². The van der Waals surface area contributed by atoms with Crippen molar-refractivity contribution >= 4 is 12.1 Å².